The molecule has 1 saturated heterocycles. The zero-order chi connectivity index (χ0) is 16.2. The van der Waals surface area contributed by atoms with Gasteiger partial charge in [-0.25, -0.2) is 0 Å². The Kier molecular flexibility index (Phi) is 3.24. The van der Waals surface area contributed by atoms with Crippen molar-refractivity contribution in [3.63, 3.8) is 0 Å². The van der Waals surface area contributed by atoms with Gasteiger partial charge in [0, 0.05) is 25.4 Å². The molecular formula is C20H24N2O. The van der Waals surface area contributed by atoms with Crippen LogP contribution >= 0.6 is 0 Å². The van der Waals surface area contributed by atoms with Gasteiger partial charge in [-0.1, -0.05) is 32.0 Å². The fourth-order valence-electron chi connectivity index (χ4n) is 4.46. The molecule has 0 amide bonds. The van der Waals surface area contributed by atoms with Gasteiger partial charge in [0.15, 0.2) is 0 Å². The second-order valence-corrected chi connectivity index (χ2v) is 7.46. The minimum Gasteiger partial charge on any atom is -0.318 e. The van der Waals surface area contributed by atoms with Crippen molar-refractivity contribution in [2.75, 3.05) is 6.54 Å². The van der Waals surface area contributed by atoms with Crippen LogP contribution in [0.5, 0.6) is 0 Å². The second kappa shape index (κ2) is 5.07. The van der Waals surface area contributed by atoms with Crippen molar-refractivity contribution in [3.8, 4) is 11.1 Å². The fourth-order valence-corrected chi connectivity index (χ4v) is 4.46. The lowest BCUT2D eigenvalue weighted by Crippen LogP contribution is -2.56. The molecule has 3 nitrogen and oxygen atoms in total. The topological polar surface area (TPSA) is 34.0 Å². The molecular weight excluding hydrogens is 284 g/mol. The Morgan fingerprint density at radius 2 is 2.00 bits per heavy atom. The molecule has 4 rings (SSSR count). The van der Waals surface area contributed by atoms with Gasteiger partial charge in [-0.3, -0.25) is 4.79 Å². The molecule has 120 valence electrons. The Hall–Kier alpha value is -1.87. The van der Waals surface area contributed by atoms with Crippen LogP contribution in [0.2, 0.25) is 0 Å². The second-order valence-electron chi connectivity index (χ2n) is 7.46. The first-order valence-electron chi connectivity index (χ1n) is 8.53. The lowest BCUT2D eigenvalue weighted by Gasteiger charge is -2.50. The van der Waals surface area contributed by atoms with Crippen LogP contribution in [-0.2, 0) is 18.9 Å². The first-order valence-corrected chi connectivity index (χ1v) is 8.53. The number of nitrogens with one attached hydrogen (secondary N) is 1. The van der Waals surface area contributed by atoms with Crippen LogP contribution in [0.3, 0.4) is 0 Å². The maximum atomic E-state index is 11.6. The van der Waals surface area contributed by atoms with Gasteiger partial charge in [0.1, 0.15) is 0 Å². The summed E-state index contributed by atoms with van der Waals surface area (Å²) in [5, 5.41) is 3.69. The number of nitrogens with zero attached hydrogens (tertiary/aromatic N) is 1. The molecule has 0 spiro atoms. The SMILES string of the molecule is C[C@@H]1[C@H]2Cc3ccc(-c4ccc(=O)n(C)c4)cc3[C@]1(C)CCN2. The number of hydrogen-bond donors (Lipinski definition) is 1. The lowest BCUT2D eigenvalue weighted by atomic mass is 9.59. The summed E-state index contributed by atoms with van der Waals surface area (Å²) in [6, 6.07) is 11.1. The van der Waals surface area contributed by atoms with E-state index in [9.17, 15) is 4.79 Å². The smallest absolute Gasteiger partial charge is 0.250 e. The Morgan fingerprint density at radius 1 is 1.22 bits per heavy atom. The number of aromatic nitrogens is 1. The summed E-state index contributed by atoms with van der Waals surface area (Å²) in [5.41, 5.74) is 5.60. The van der Waals surface area contributed by atoms with E-state index in [1.807, 2.05) is 19.3 Å². The van der Waals surface area contributed by atoms with Crippen LogP contribution in [0.4, 0.5) is 0 Å². The van der Waals surface area contributed by atoms with Gasteiger partial charge in [-0.05, 0) is 59.0 Å². The van der Waals surface area contributed by atoms with Crippen molar-refractivity contribution in [2.24, 2.45) is 13.0 Å². The number of fused-ring (bicyclic) bond motifs is 4. The maximum Gasteiger partial charge on any atom is 0.250 e. The van der Waals surface area contributed by atoms with Gasteiger partial charge in [0.2, 0.25) is 5.56 Å². The molecule has 2 heterocycles. The van der Waals surface area contributed by atoms with Crippen LogP contribution in [0.25, 0.3) is 11.1 Å². The maximum absolute atomic E-state index is 11.6. The molecule has 3 atom stereocenters. The predicted molar refractivity (Wildman–Crippen MR) is 93.7 cm³/mol. The Balaban J connectivity index is 1.85. The first-order chi connectivity index (χ1) is 11.0. The monoisotopic (exact) mass is 308 g/mol. The largest absolute Gasteiger partial charge is 0.318 e. The minimum atomic E-state index is 0.0356. The fraction of sp³-hybridized carbons (Fsp3) is 0.450. The van der Waals surface area contributed by atoms with Crippen LogP contribution in [0.1, 0.15) is 31.4 Å². The van der Waals surface area contributed by atoms with Crippen LogP contribution in [-0.4, -0.2) is 17.2 Å². The highest BCUT2D eigenvalue weighted by Gasteiger charge is 2.45. The van der Waals surface area contributed by atoms with E-state index in [2.05, 4.69) is 37.4 Å². The van der Waals surface area contributed by atoms with E-state index in [-0.39, 0.29) is 11.0 Å². The van der Waals surface area contributed by atoms with Crippen LogP contribution in [0, 0.1) is 5.92 Å². The third-order valence-corrected chi connectivity index (χ3v) is 6.24. The molecule has 1 fully saturated rings. The number of hydrogen-bond acceptors (Lipinski definition) is 2. The van der Waals surface area contributed by atoms with Crippen molar-refractivity contribution in [1.82, 2.24) is 9.88 Å². The summed E-state index contributed by atoms with van der Waals surface area (Å²) in [7, 11) is 1.81. The normalized spacial score (nSPS) is 29.2. The van der Waals surface area contributed by atoms with E-state index in [4.69, 9.17) is 0 Å². The third kappa shape index (κ3) is 2.18. The number of rotatable bonds is 1. The summed E-state index contributed by atoms with van der Waals surface area (Å²) in [6.07, 6.45) is 4.25. The number of pyridine rings is 1. The number of piperidine rings is 1. The summed E-state index contributed by atoms with van der Waals surface area (Å²) < 4.78 is 1.65. The van der Waals surface area contributed by atoms with Gasteiger partial charge in [0.25, 0.3) is 0 Å². The number of benzene rings is 1. The van der Waals surface area contributed by atoms with Crippen molar-refractivity contribution in [2.45, 2.75) is 38.1 Å². The Morgan fingerprint density at radius 3 is 2.78 bits per heavy atom. The molecule has 1 aromatic carbocycles. The zero-order valence-corrected chi connectivity index (χ0v) is 14.1. The highest BCUT2D eigenvalue weighted by molar-refractivity contribution is 5.65. The van der Waals surface area contributed by atoms with E-state index in [0.717, 1.165) is 18.5 Å². The van der Waals surface area contributed by atoms with Gasteiger partial charge < -0.3 is 9.88 Å². The van der Waals surface area contributed by atoms with Crippen molar-refractivity contribution < 1.29 is 0 Å². The van der Waals surface area contributed by atoms with Gasteiger partial charge >= 0.3 is 0 Å². The quantitative estimate of drug-likeness (QED) is 0.879. The van der Waals surface area contributed by atoms with E-state index >= 15 is 0 Å². The minimum absolute atomic E-state index is 0.0356. The molecule has 23 heavy (non-hydrogen) atoms. The molecule has 1 N–H and O–H groups in total. The summed E-state index contributed by atoms with van der Waals surface area (Å²) in [5.74, 6) is 0.652. The van der Waals surface area contributed by atoms with E-state index < -0.39 is 0 Å². The first kappa shape index (κ1) is 14.7. The average Bonchev–Trinajstić information content (AvgIpc) is 2.53. The molecule has 3 heteroatoms. The Labute approximate surface area is 137 Å². The zero-order valence-electron chi connectivity index (χ0n) is 14.1. The highest BCUT2D eigenvalue weighted by Crippen LogP contribution is 2.46. The molecule has 0 radical (unpaired) electrons. The highest BCUT2D eigenvalue weighted by atomic mass is 16.1. The summed E-state index contributed by atoms with van der Waals surface area (Å²) in [4.78, 5) is 11.6. The summed E-state index contributed by atoms with van der Waals surface area (Å²) in [6.45, 7) is 5.92. The molecule has 2 aromatic rings. The molecule has 0 unspecified atom stereocenters. The van der Waals surface area contributed by atoms with E-state index in [1.54, 1.807) is 10.6 Å². The molecule has 0 saturated carbocycles. The lowest BCUT2D eigenvalue weighted by molar-refractivity contribution is 0.158. The standard InChI is InChI=1S/C20H24N2O/c1-13-18-11-15-5-4-14(16-6-7-19(23)22(3)12-16)10-17(15)20(13,2)8-9-21-18/h4-7,10,12-13,18,21H,8-9,11H2,1-3H3/t13-,18-,20-/m1/s1. The summed E-state index contributed by atoms with van der Waals surface area (Å²) >= 11 is 0. The van der Waals surface area contributed by atoms with Gasteiger partial charge in [-0.2, -0.15) is 0 Å². The molecule has 1 aromatic heterocycles. The van der Waals surface area contributed by atoms with E-state index in [0.29, 0.717) is 12.0 Å². The van der Waals surface area contributed by atoms with Crippen molar-refractivity contribution in [3.05, 3.63) is 58.0 Å². The Bertz CT molecular complexity index is 823. The molecule has 1 aliphatic heterocycles. The van der Waals surface area contributed by atoms with Crippen LogP contribution < -0.4 is 10.9 Å². The average molecular weight is 308 g/mol. The third-order valence-electron chi connectivity index (χ3n) is 6.24. The number of aryl methyl sites for hydroxylation is 1. The van der Waals surface area contributed by atoms with Gasteiger partial charge in [-0.15, -0.1) is 0 Å². The molecule has 1 aliphatic carbocycles. The van der Waals surface area contributed by atoms with Crippen molar-refractivity contribution >= 4 is 0 Å². The predicted octanol–water partition coefficient (Wildman–Crippen LogP) is 2.86. The van der Waals surface area contributed by atoms with E-state index in [1.165, 1.54) is 23.1 Å². The molecule has 2 bridgehead atoms. The van der Waals surface area contributed by atoms with Crippen LogP contribution in [0.15, 0.2) is 41.3 Å². The van der Waals surface area contributed by atoms with Gasteiger partial charge in [0.05, 0.1) is 0 Å². The van der Waals surface area contributed by atoms with Crippen molar-refractivity contribution in [1.29, 1.82) is 0 Å². The molecule has 2 aliphatic rings.